The van der Waals surface area contributed by atoms with E-state index in [9.17, 15) is 0 Å². The first-order valence-electron chi connectivity index (χ1n) is 19.8. The number of rotatable bonds is 6. The molecular weight excluding hydrogens is 651 g/mol. The van der Waals surface area contributed by atoms with Crippen molar-refractivity contribution in [1.82, 2.24) is 0 Å². The minimum atomic E-state index is -0.113. The average Bonchev–Trinajstić information content (AvgIpc) is 3.47. The molecule has 1 fully saturated rings. The van der Waals surface area contributed by atoms with E-state index in [1.54, 1.807) is 0 Å². The third-order valence-corrected chi connectivity index (χ3v) is 12.5. The van der Waals surface area contributed by atoms with Crippen LogP contribution in [0.15, 0.2) is 170 Å². The second-order valence-corrected chi connectivity index (χ2v) is 15.9. The minimum Gasteiger partial charge on any atom is -0.309 e. The number of hydrogen-bond acceptors (Lipinski definition) is 1. The summed E-state index contributed by atoms with van der Waals surface area (Å²) < 4.78 is 0. The summed E-state index contributed by atoms with van der Waals surface area (Å²) in [5, 5.41) is 4.96. The van der Waals surface area contributed by atoms with E-state index >= 15 is 0 Å². The average molecular weight is 696 g/mol. The molecule has 0 aromatic heterocycles. The molecule has 0 radical (unpaired) electrons. The molecule has 2 aliphatic carbocycles. The fourth-order valence-electron chi connectivity index (χ4n) is 9.60. The predicted molar refractivity (Wildman–Crippen MR) is 230 cm³/mol. The fourth-order valence-corrected chi connectivity index (χ4v) is 9.60. The first kappa shape index (κ1) is 32.7. The molecule has 8 aromatic rings. The number of anilines is 3. The van der Waals surface area contributed by atoms with Crippen LogP contribution in [-0.2, 0) is 5.41 Å². The van der Waals surface area contributed by atoms with Crippen LogP contribution in [0.5, 0.6) is 0 Å². The molecule has 8 aromatic carbocycles. The van der Waals surface area contributed by atoms with Crippen LogP contribution in [-0.4, -0.2) is 0 Å². The van der Waals surface area contributed by atoms with Crippen molar-refractivity contribution in [1.29, 1.82) is 0 Å². The fraction of sp³-hybridized carbons (Fsp3) is 0.170. The predicted octanol–water partition coefficient (Wildman–Crippen LogP) is 15.2. The highest BCUT2D eigenvalue weighted by atomic mass is 15.1. The molecule has 2 aliphatic rings. The van der Waals surface area contributed by atoms with Gasteiger partial charge in [-0.25, -0.2) is 0 Å². The molecule has 0 bridgehead atoms. The van der Waals surface area contributed by atoms with Crippen LogP contribution in [0.25, 0.3) is 54.9 Å². The van der Waals surface area contributed by atoms with Gasteiger partial charge in [0.25, 0.3) is 0 Å². The number of nitrogens with zero attached hydrogens (tertiary/aromatic N) is 1. The lowest BCUT2D eigenvalue weighted by Gasteiger charge is -2.31. The molecule has 262 valence electrons. The van der Waals surface area contributed by atoms with E-state index in [0.29, 0.717) is 5.92 Å². The van der Waals surface area contributed by atoms with Crippen molar-refractivity contribution in [2.75, 3.05) is 4.90 Å². The molecule has 0 amide bonds. The summed E-state index contributed by atoms with van der Waals surface area (Å²) in [6, 6.07) is 63.8. The molecule has 1 saturated carbocycles. The van der Waals surface area contributed by atoms with Crippen LogP contribution in [0.1, 0.15) is 68.6 Å². The van der Waals surface area contributed by atoms with Gasteiger partial charge in [0.15, 0.2) is 0 Å². The highest BCUT2D eigenvalue weighted by molar-refractivity contribution is 6.10. The van der Waals surface area contributed by atoms with Crippen LogP contribution in [0, 0.1) is 0 Å². The third-order valence-electron chi connectivity index (χ3n) is 12.5. The Kier molecular flexibility index (Phi) is 7.99. The van der Waals surface area contributed by atoms with E-state index in [0.717, 1.165) is 11.4 Å². The van der Waals surface area contributed by atoms with Gasteiger partial charge in [0, 0.05) is 27.7 Å². The highest BCUT2D eigenvalue weighted by Crippen LogP contribution is 2.52. The van der Waals surface area contributed by atoms with Crippen molar-refractivity contribution < 1.29 is 0 Å². The van der Waals surface area contributed by atoms with Gasteiger partial charge in [-0.2, -0.15) is 0 Å². The standard InChI is InChI=1S/C53H45N/c1-53(2)50-22-11-10-20-47(50)48-34-32-43(35-51(48)53)54(42-30-27-39(28-31-42)38-25-23-37(24-26-38)36-13-4-3-5-14-36)52-45-19-9-7-16-41(45)29-33-49(52)46-21-12-17-40-15-6-8-18-44(40)46/h6-12,15-36H,3-5,13-14H2,1-2H3. The molecule has 0 saturated heterocycles. The second kappa shape index (κ2) is 13.2. The lowest BCUT2D eigenvalue weighted by atomic mass is 9.82. The Morgan fingerprint density at radius 3 is 1.80 bits per heavy atom. The van der Waals surface area contributed by atoms with Crippen molar-refractivity contribution in [2.24, 2.45) is 0 Å². The smallest absolute Gasteiger partial charge is 0.0618 e. The Bertz CT molecular complexity index is 2650. The van der Waals surface area contributed by atoms with Gasteiger partial charge in [0.2, 0.25) is 0 Å². The van der Waals surface area contributed by atoms with E-state index in [4.69, 9.17) is 0 Å². The highest BCUT2D eigenvalue weighted by Gasteiger charge is 2.36. The summed E-state index contributed by atoms with van der Waals surface area (Å²) >= 11 is 0. The zero-order valence-corrected chi connectivity index (χ0v) is 31.2. The van der Waals surface area contributed by atoms with Gasteiger partial charge in [-0.1, -0.05) is 179 Å². The summed E-state index contributed by atoms with van der Waals surface area (Å²) in [6.45, 7) is 4.75. The molecule has 0 spiro atoms. The van der Waals surface area contributed by atoms with Gasteiger partial charge in [-0.15, -0.1) is 0 Å². The van der Waals surface area contributed by atoms with Gasteiger partial charge >= 0.3 is 0 Å². The van der Waals surface area contributed by atoms with Gasteiger partial charge in [0.05, 0.1) is 5.69 Å². The summed E-state index contributed by atoms with van der Waals surface area (Å²) in [5.74, 6) is 0.713. The number of fused-ring (bicyclic) bond motifs is 5. The zero-order valence-electron chi connectivity index (χ0n) is 31.2. The molecule has 54 heavy (non-hydrogen) atoms. The van der Waals surface area contributed by atoms with E-state index in [1.807, 2.05) is 0 Å². The van der Waals surface area contributed by atoms with Crippen LogP contribution < -0.4 is 4.90 Å². The molecule has 10 rings (SSSR count). The first-order chi connectivity index (χ1) is 26.5. The topological polar surface area (TPSA) is 3.24 Å². The largest absolute Gasteiger partial charge is 0.309 e. The summed E-state index contributed by atoms with van der Waals surface area (Å²) in [7, 11) is 0. The van der Waals surface area contributed by atoms with E-state index in [-0.39, 0.29) is 5.41 Å². The van der Waals surface area contributed by atoms with Gasteiger partial charge in [-0.3, -0.25) is 0 Å². The van der Waals surface area contributed by atoms with E-state index in [1.165, 1.54) is 109 Å². The van der Waals surface area contributed by atoms with Crippen LogP contribution >= 0.6 is 0 Å². The molecule has 1 nitrogen and oxygen atoms in total. The van der Waals surface area contributed by atoms with Gasteiger partial charge in [-0.05, 0) is 104 Å². The summed E-state index contributed by atoms with van der Waals surface area (Å²) in [5.41, 5.74) is 15.3. The second-order valence-electron chi connectivity index (χ2n) is 15.9. The minimum absolute atomic E-state index is 0.113. The molecule has 0 heterocycles. The third kappa shape index (κ3) is 5.45. The number of benzene rings is 8. The summed E-state index contributed by atoms with van der Waals surface area (Å²) in [6.07, 6.45) is 6.75. The molecule has 0 N–H and O–H groups in total. The zero-order chi connectivity index (χ0) is 36.2. The molecular formula is C53H45N. The van der Waals surface area contributed by atoms with E-state index in [2.05, 4.69) is 189 Å². The van der Waals surface area contributed by atoms with Crippen LogP contribution in [0.4, 0.5) is 17.1 Å². The Balaban J connectivity index is 1.17. The molecule has 0 aliphatic heterocycles. The van der Waals surface area contributed by atoms with Crippen molar-refractivity contribution in [2.45, 2.75) is 57.3 Å². The maximum Gasteiger partial charge on any atom is 0.0618 e. The van der Waals surface area contributed by atoms with Crippen molar-refractivity contribution >= 4 is 38.6 Å². The first-order valence-corrected chi connectivity index (χ1v) is 19.8. The normalized spacial score (nSPS) is 14.9. The Hall–Kier alpha value is -5.92. The Labute approximate surface area is 319 Å². The molecule has 1 heteroatoms. The lowest BCUT2D eigenvalue weighted by Crippen LogP contribution is -2.17. The van der Waals surface area contributed by atoms with Crippen molar-refractivity contribution in [3.8, 4) is 33.4 Å². The Morgan fingerprint density at radius 2 is 1.02 bits per heavy atom. The van der Waals surface area contributed by atoms with Gasteiger partial charge < -0.3 is 4.90 Å². The van der Waals surface area contributed by atoms with Crippen LogP contribution in [0.3, 0.4) is 0 Å². The molecule has 0 unspecified atom stereocenters. The maximum absolute atomic E-state index is 2.52. The van der Waals surface area contributed by atoms with Gasteiger partial charge in [0.1, 0.15) is 0 Å². The number of hydrogen-bond donors (Lipinski definition) is 0. The Morgan fingerprint density at radius 1 is 0.444 bits per heavy atom. The SMILES string of the molecule is CC1(C)c2ccccc2-c2ccc(N(c3ccc(-c4ccc(C5CCCCC5)cc4)cc3)c3c(-c4cccc5ccccc45)ccc4ccccc34)cc21. The van der Waals surface area contributed by atoms with E-state index < -0.39 is 0 Å². The monoisotopic (exact) mass is 695 g/mol. The summed E-state index contributed by atoms with van der Waals surface area (Å²) in [4.78, 5) is 2.52. The van der Waals surface area contributed by atoms with Crippen molar-refractivity contribution in [3.63, 3.8) is 0 Å². The quantitative estimate of drug-likeness (QED) is 0.167. The lowest BCUT2D eigenvalue weighted by molar-refractivity contribution is 0.443. The maximum atomic E-state index is 2.52. The van der Waals surface area contributed by atoms with Crippen LogP contribution in [0.2, 0.25) is 0 Å². The molecule has 0 atom stereocenters. The van der Waals surface area contributed by atoms with Crippen molar-refractivity contribution in [3.05, 3.63) is 187 Å².